The fraction of sp³-hybridized carbons (Fsp3) is 0.857. The van der Waals surface area contributed by atoms with Crippen LogP contribution in [0.4, 0.5) is 0 Å². The molecule has 5 heteroatoms. The smallest absolute Gasteiger partial charge is 0.228 e. The molecule has 1 saturated carbocycles. The van der Waals surface area contributed by atoms with Gasteiger partial charge >= 0.3 is 0 Å². The molecule has 0 radical (unpaired) electrons. The monoisotopic (exact) mass is 267 g/mol. The molecule has 0 saturated heterocycles. The highest BCUT2D eigenvalue weighted by Gasteiger charge is 2.28. The van der Waals surface area contributed by atoms with Crippen molar-refractivity contribution in [2.75, 3.05) is 14.2 Å². The molecule has 2 atom stereocenters. The third kappa shape index (κ3) is 3.76. The number of nitrogens with one attached hydrogen (secondary N) is 1. The van der Waals surface area contributed by atoms with Gasteiger partial charge in [-0.2, -0.15) is 4.98 Å². The lowest BCUT2D eigenvalue weighted by Gasteiger charge is -2.26. The zero-order valence-electron chi connectivity index (χ0n) is 12.2. The molecule has 1 aliphatic carbocycles. The molecule has 0 amide bonds. The second-order valence-electron chi connectivity index (χ2n) is 5.49. The first-order valence-corrected chi connectivity index (χ1v) is 7.27. The van der Waals surface area contributed by atoms with Gasteiger partial charge in [0.1, 0.15) is 6.10 Å². The minimum atomic E-state index is -0.0114. The normalized spacial score (nSPS) is 20.4. The molecule has 5 nitrogen and oxygen atoms in total. The number of aromatic nitrogens is 2. The summed E-state index contributed by atoms with van der Waals surface area (Å²) in [5.74, 6) is 1.94. The highest BCUT2D eigenvalue weighted by molar-refractivity contribution is 4.96. The van der Waals surface area contributed by atoms with Crippen molar-refractivity contribution >= 4 is 0 Å². The Bertz CT molecular complexity index is 375. The van der Waals surface area contributed by atoms with Crippen molar-refractivity contribution < 1.29 is 9.26 Å². The van der Waals surface area contributed by atoms with Crippen LogP contribution < -0.4 is 5.32 Å². The number of methoxy groups -OCH3 is 1. The van der Waals surface area contributed by atoms with Gasteiger partial charge in [0.25, 0.3) is 0 Å². The fourth-order valence-electron chi connectivity index (χ4n) is 2.78. The first-order chi connectivity index (χ1) is 9.24. The molecule has 2 rings (SSSR count). The Labute approximate surface area is 115 Å². The fourth-order valence-corrected chi connectivity index (χ4v) is 2.78. The SMILES string of the molecule is CNC(C)Cc1nc(C(OC)C2CCCCC2)no1. The molecule has 1 fully saturated rings. The molecule has 0 spiro atoms. The van der Waals surface area contributed by atoms with Crippen molar-refractivity contribution in [1.82, 2.24) is 15.5 Å². The molecule has 1 heterocycles. The third-order valence-corrected chi connectivity index (χ3v) is 4.04. The Kier molecular flexibility index (Phi) is 5.34. The molecule has 2 unspecified atom stereocenters. The minimum absolute atomic E-state index is 0.0114. The number of rotatable bonds is 6. The maximum atomic E-state index is 5.62. The summed E-state index contributed by atoms with van der Waals surface area (Å²) in [5, 5.41) is 7.28. The molecule has 0 aliphatic heterocycles. The van der Waals surface area contributed by atoms with E-state index < -0.39 is 0 Å². The standard InChI is InChI=1S/C14H25N3O2/c1-10(15-2)9-12-16-14(17-19-12)13(18-3)11-7-5-4-6-8-11/h10-11,13,15H,4-9H2,1-3H3. The van der Waals surface area contributed by atoms with Crippen molar-refractivity contribution in [2.24, 2.45) is 5.92 Å². The lowest BCUT2D eigenvalue weighted by molar-refractivity contribution is 0.0273. The van der Waals surface area contributed by atoms with E-state index in [-0.39, 0.29) is 6.10 Å². The van der Waals surface area contributed by atoms with Crippen molar-refractivity contribution in [3.05, 3.63) is 11.7 Å². The first-order valence-electron chi connectivity index (χ1n) is 7.27. The average Bonchev–Trinajstić information content (AvgIpc) is 2.89. The van der Waals surface area contributed by atoms with E-state index in [1.807, 2.05) is 7.05 Å². The number of ether oxygens (including phenoxy) is 1. The quantitative estimate of drug-likeness (QED) is 0.858. The van der Waals surface area contributed by atoms with Gasteiger partial charge in [-0.3, -0.25) is 0 Å². The molecule has 19 heavy (non-hydrogen) atoms. The Morgan fingerprint density at radius 3 is 2.74 bits per heavy atom. The Morgan fingerprint density at radius 2 is 2.11 bits per heavy atom. The molecule has 108 valence electrons. The van der Waals surface area contributed by atoms with E-state index in [0.717, 1.165) is 6.42 Å². The Hall–Kier alpha value is -0.940. The molecular weight excluding hydrogens is 242 g/mol. The summed E-state index contributed by atoms with van der Waals surface area (Å²) in [6.45, 7) is 2.10. The summed E-state index contributed by atoms with van der Waals surface area (Å²) < 4.78 is 10.9. The summed E-state index contributed by atoms with van der Waals surface area (Å²) in [7, 11) is 3.67. The minimum Gasteiger partial charge on any atom is -0.373 e. The van der Waals surface area contributed by atoms with E-state index in [2.05, 4.69) is 22.4 Å². The molecule has 1 aromatic rings. The highest BCUT2D eigenvalue weighted by atomic mass is 16.5. The summed E-state index contributed by atoms with van der Waals surface area (Å²) in [5.41, 5.74) is 0. The van der Waals surface area contributed by atoms with Gasteiger partial charge in [0.15, 0.2) is 0 Å². The second-order valence-corrected chi connectivity index (χ2v) is 5.49. The van der Waals surface area contributed by atoms with Crippen molar-refractivity contribution in [3.8, 4) is 0 Å². The van der Waals surface area contributed by atoms with Crippen molar-refractivity contribution in [2.45, 2.75) is 57.6 Å². The zero-order chi connectivity index (χ0) is 13.7. The van der Waals surface area contributed by atoms with E-state index in [9.17, 15) is 0 Å². The van der Waals surface area contributed by atoms with Crippen LogP contribution in [-0.2, 0) is 11.2 Å². The van der Waals surface area contributed by atoms with Crippen LogP contribution in [0, 0.1) is 5.92 Å². The second kappa shape index (κ2) is 7.01. The molecular formula is C14H25N3O2. The maximum Gasteiger partial charge on any atom is 0.228 e. The van der Waals surface area contributed by atoms with E-state index in [0.29, 0.717) is 23.7 Å². The predicted octanol–water partition coefficient (Wildman–Crippen LogP) is 2.49. The number of nitrogens with zero attached hydrogens (tertiary/aromatic N) is 2. The summed E-state index contributed by atoms with van der Waals surface area (Å²) in [6.07, 6.45) is 7.06. The van der Waals surface area contributed by atoms with Gasteiger partial charge in [0.2, 0.25) is 11.7 Å². The number of likely N-dealkylation sites (N-methyl/N-ethyl adjacent to an activating group) is 1. The van der Waals surface area contributed by atoms with Gasteiger partial charge in [-0.1, -0.05) is 24.4 Å². The zero-order valence-corrected chi connectivity index (χ0v) is 12.2. The van der Waals surface area contributed by atoms with Crippen molar-refractivity contribution in [3.63, 3.8) is 0 Å². The lowest BCUT2D eigenvalue weighted by atomic mass is 9.85. The predicted molar refractivity (Wildman–Crippen MR) is 72.8 cm³/mol. The van der Waals surface area contributed by atoms with Crippen molar-refractivity contribution in [1.29, 1.82) is 0 Å². The van der Waals surface area contributed by atoms with Gasteiger partial charge in [-0.05, 0) is 32.7 Å². The van der Waals surface area contributed by atoms with Gasteiger partial charge in [0, 0.05) is 19.6 Å². The van der Waals surface area contributed by atoms with E-state index >= 15 is 0 Å². The highest BCUT2D eigenvalue weighted by Crippen LogP contribution is 2.35. The van der Waals surface area contributed by atoms with Gasteiger partial charge in [0.05, 0.1) is 0 Å². The molecule has 0 aromatic carbocycles. The van der Waals surface area contributed by atoms with Crippen LogP contribution in [0.25, 0.3) is 0 Å². The van der Waals surface area contributed by atoms with Crippen LogP contribution in [0.3, 0.4) is 0 Å². The third-order valence-electron chi connectivity index (χ3n) is 4.04. The van der Waals surface area contributed by atoms with Gasteiger partial charge in [-0.15, -0.1) is 0 Å². The Balaban J connectivity index is 2.02. The maximum absolute atomic E-state index is 5.62. The van der Waals surface area contributed by atoms with Crippen LogP contribution in [0.15, 0.2) is 4.52 Å². The van der Waals surface area contributed by atoms with E-state index in [1.54, 1.807) is 7.11 Å². The average molecular weight is 267 g/mol. The number of hydrogen-bond acceptors (Lipinski definition) is 5. The molecule has 0 bridgehead atoms. The van der Waals surface area contributed by atoms with Crippen LogP contribution in [0.1, 0.15) is 56.8 Å². The summed E-state index contributed by atoms with van der Waals surface area (Å²) in [6, 6.07) is 0.337. The lowest BCUT2D eigenvalue weighted by Crippen LogP contribution is -2.23. The van der Waals surface area contributed by atoms with E-state index in [1.165, 1.54) is 32.1 Å². The van der Waals surface area contributed by atoms with Crippen LogP contribution in [-0.4, -0.2) is 30.3 Å². The van der Waals surface area contributed by atoms with Gasteiger partial charge < -0.3 is 14.6 Å². The Morgan fingerprint density at radius 1 is 1.37 bits per heavy atom. The number of hydrogen-bond donors (Lipinski definition) is 1. The van der Waals surface area contributed by atoms with Crippen LogP contribution >= 0.6 is 0 Å². The topological polar surface area (TPSA) is 60.2 Å². The summed E-state index contributed by atoms with van der Waals surface area (Å²) >= 11 is 0. The first kappa shape index (κ1) is 14.5. The molecule has 1 N–H and O–H groups in total. The summed E-state index contributed by atoms with van der Waals surface area (Å²) in [4.78, 5) is 4.50. The van der Waals surface area contributed by atoms with Gasteiger partial charge in [-0.25, -0.2) is 0 Å². The van der Waals surface area contributed by atoms with Crippen LogP contribution in [0.2, 0.25) is 0 Å². The molecule has 1 aliphatic rings. The van der Waals surface area contributed by atoms with E-state index in [4.69, 9.17) is 9.26 Å². The van der Waals surface area contributed by atoms with Crippen LogP contribution in [0.5, 0.6) is 0 Å². The largest absolute Gasteiger partial charge is 0.373 e. The molecule has 1 aromatic heterocycles.